The molecule has 148 valence electrons. The number of aromatic nitrogens is 1. The van der Waals surface area contributed by atoms with E-state index in [-0.39, 0.29) is 18.2 Å². The lowest BCUT2D eigenvalue weighted by molar-refractivity contribution is 0.0969. The Bertz CT molecular complexity index is 863. The first-order valence-corrected chi connectivity index (χ1v) is 9.94. The van der Waals surface area contributed by atoms with Crippen LogP contribution in [-0.4, -0.2) is 28.3 Å². The van der Waals surface area contributed by atoms with Gasteiger partial charge < -0.3 is 19.9 Å². The Morgan fingerprint density at radius 2 is 2.07 bits per heavy atom. The van der Waals surface area contributed by atoms with Gasteiger partial charge in [-0.1, -0.05) is 12.8 Å². The first kappa shape index (κ1) is 18.6. The lowest BCUT2D eigenvalue weighted by atomic mass is 9.94. The minimum atomic E-state index is -1.02. The molecule has 0 spiro atoms. The molecular weight excluding hydrogens is 356 g/mol. The quantitative estimate of drug-likeness (QED) is 0.777. The predicted molar refractivity (Wildman–Crippen MR) is 106 cm³/mol. The molecule has 1 aromatic carbocycles. The van der Waals surface area contributed by atoms with E-state index in [1.807, 2.05) is 44.3 Å². The van der Waals surface area contributed by atoms with Gasteiger partial charge in [-0.15, -0.1) is 0 Å². The first-order chi connectivity index (χ1) is 13.5. The molecule has 1 fully saturated rings. The summed E-state index contributed by atoms with van der Waals surface area (Å²) in [5.74, 6) is 1.84. The minimum Gasteiger partial charge on any atom is -0.488 e. The SMILES string of the molecule is CC1Oc2cc(OC(C3CCCC3)C(C)NC(=O)O)ccc2-c2ccncc21. The van der Waals surface area contributed by atoms with Gasteiger partial charge in [0, 0.05) is 29.6 Å². The van der Waals surface area contributed by atoms with Gasteiger partial charge in [-0.05, 0) is 56.4 Å². The van der Waals surface area contributed by atoms with Crippen LogP contribution >= 0.6 is 0 Å². The number of hydrogen-bond acceptors (Lipinski definition) is 4. The summed E-state index contributed by atoms with van der Waals surface area (Å²) in [5, 5.41) is 11.7. The van der Waals surface area contributed by atoms with E-state index >= 15 is 0 Å². The Labute approximate surface area is 164 Å². The van der Waals surface area contributed by atoms with Crippen molar-refractivity contribution in [1.29, 1.82) is 0 Å². The second kappa shape index (κ2) is 7.70. The summed E-state index contributed by atoms with van der Waals surface area (Å²) in [6.07, 6.45) is 6.80. The fourth-order valence-corrected chi connectivity index (χ4v) is 4.45. The fraction of sp³-hybridized carbons (Fsp3) is 0.455. The van der Waals surface area contributed by atoms with Gasteiger partial charge in [0.2, 0.25) is 0 Å². The number of hydrogen-bond donors (Lipinski definition) is 2. The molecule has 6 nitrogen and oxygen atoms in total. The zero-order valence-electron chi connectivity index (χ0n) is 16.2. The molecule has 3 unspecified atom stereocenters. The fourth-order valence-electron chi connectivity index (χ4n) is 4.45. The third-order valence-electron chi connectivity index (χ3n) is 5.82. The maximum Gasteiger partial charge on any atom is 0.404 e. The van der Waals surface area contributed by atoms with Gasteiger partial charge in [-0.2, -0.15) is 0 Å². The number of carboxylic acid groups (broad SMARTS) is 1. The van der Waals surface area contributed by atoms with Crippen LogP contribution in [0.25, 0.3) is 11.1 Å². The molecule has 4 rings (SSSR count). The summed E-state index contributed by atoms with van der Waals surface area (Å²) in [7, 11) is 0. The Hall–Kier alpha value is -2.76. The number of ether oxygens (including phenoxy) is 2. The number of pyridine rings is 1. The maximum absolute atomic E-state index is 11.1. The summed E-state index contributed by atoms with van der Waals surface area (Å²) in [6, 6.07) is 7.59. The zero-order valence-corrected chi connectivity index (χ0v) is 16.2. The lowest BCUT2D eigenvalue weighted by Crippen LogP contribution is -2.46. The van der Waals surface area contributed by atoms with E-state index in [0.29, 0.717) is 11.7 Å². The highest BCUT2D eigenvalue weighted by Gasteiger charge is 2.32. The molecule has 0 radical (unpaired) electrons. The smallest absolute Gasteiger partial charge is 0.404 e. The minimum absolute atomic E-state index is 0.0790. The van der Waals surface area contributed by atoms with Crippen LogP contribution in [0.5, 0.6) is 11.5 Å². The molecule has 1 aliphatic heterocycles. The average Bonchev–Trinajstić information content (AvgIpc) is 3.20. The molecule has 0 bridgehead atoms. The molecule has 3 atom stereocenters. The molecule has 28 heavy (non-hydrogen) atoms. The van der Waals surface area contributed by atoms with Gasteiger partial charge in [0.1, 0.15) is 23.7 Å². The van der Waals surface area contributed by atoms with Gasteiger partial charge in [-0.25, -0.2) is 4.79 Å². The van der Waals surface area contributed by atoms with E-state index < -0.39 is 6.09 Å². The van der Waals surface area contributed by atoms with Crippen LogP contribution < -0.4 is 14.8 Å². The van der Waals surface area contributed by atoms with Crippen LogP contribution in [0.2, 0.25) is 0 Å². The number of rotatable bonds is 5. The molecule has 2 aromatic rings. The molecule has 2 N–H and O–H groups in total. The van der Waals surface area contributed by atoms with Crippen molar-refractivity contribution in [2.24, 2.45) is 5.92 Å². The van der Waals surface area contributed by atoms with E-state index in [0.717, 1.165) is 35.3 Å². The summed E-state index contributed by atoms with van der Waals surface area (Å²) in [4.78, 5) is 15.3. The number of nitrogens with one attached hydrogen (secondary N) is 1. The summed E-state index contributed by atoms with van der Waals surface area (Å²) in [6.45, 7) is 3.88. The van der Waals surface area contributed by atoms with E-state index in [4.69, 9.17) is 14.6 Å². The zero-order chi connectivity index (χ0) is 19.7. The van der Waals surface area contributed by atoms with Crippen LogP contribution in [0.1, 0.15) is 51.2 Å². The van der Waals surface area contributed by atoms with E-state index in [1.165, 1.54) is 12.8 Å². The van der Waals surface area contributed by atoms with E-state index in [1.54, 1.807) is 6.20 Å². The summed E-state index contributed by atoms with van der Waals surface area (Å²) < 4.78 is 12.4. The third-order valence-corrected chi connectivity index (χ3v) is 5.82. The predicted octanol–water partition coefficient (Wildman–Crippen LogP) is 4.80. The second-order valence-electron chi connectivity index (χ2n) is 7.75. The highest BCUT2D eigenvalue weighted by atomic mass is 16.5. The number of fused-ring (bicyclic) bond motifs is 3. The average molecular weight is 382 g/mol. The Balaban J connectivity index is 1.61. The summed E-state index contributed by atoms with van der Waals surface area (Å²) >= 11 is 0. The van der Waals surface area contributed by atoms with Crippen molar-refractivity contribution in [2.75, 3.05) is 0 Å². The van der Waals surface area contributed by atoms with Gasteiger partial charge in [0.15, 0.2) is 0 Å². The lowest BCUT2D eigenvalue weighted by Gasteiger charge is -2.31. The van der Waals surface area contributed by atoms with Gasteiger partial charge in [0.05, 0.1) is 6.04 Å². The molecule has 2 heterocycles. The van der Waals surface area contributed by atoms with Crippen molar-refractivity contribution in [2.45, 2.75) is 57.8 Å². The maximum atomic E-state index is 11.1. The first-order valence-electron chi connectivity index (χ1n) is 9.94. The van der Waals surface area contributed by atoms with Crippen molar-refractivity contribution in [3.63, 3.8) is 0 Å². The van der Waals surface area contributed by atoms with Crippen molar-refractivity contribution < 1.29 is 19.4 Å². The summed E-state index contributed by atoms with van der Waals surface area (Å²) in [5.41, 5.74) is 3.23. The van der Waals surface area contributed by atoms with E-state index in [9.17, 15) is 4.79 Å². The molecule has 6 heteroatoms. The van der Waals surface area contributed by atoms with Crippen LogP contribution in [0.3, 0.4) is 0 Å². The Kier molecular flexibility index (Phi) is 5.11. The standard InChI is InChI=1S/C22H26N2O4/c1-13(24-22(25)26)21(15-5-3-4-6-15)28-16-7-8-18-17-9-10-23-12-19(17)14(2)27-20(18)11-16/h7-15,21,24H,3-6H2,1-2H3,(H,25,26). The molecule has 0 saturated heterocycles. The van der Waals surface area contributed by atoms with Crippen LogP contribution in [0.15, 0.2) is 36.7 Å². The topological polar surface area (TPSA) is 80.7 Å². The Morgan fingerprint density at radius 3 is 2.82 bits per heavy atom. The monoisotopic (exact) mass is 382 g/mol. The number of nitrogens with zero attached hydrogens (tertiary/aromatic N) is 1. The molecule has 1 amide bonds. The van der Waals surface area contributed by atoms with Crippen LogP contribution in [-0.2, 0) is 0 Å². The third kappa shape index (κ3) is 3.63. The highest BCUT2D eigenvalue weighted by Crippen LogP contribution is 2.43. The van der Waals surface area contributed by atoms with Crippen LogP contribution in [0, 0.1) is 5.92 Å². The molecule has 1 aliphatic carbocycles. The van der Waals surface area contributed by atoms with Crippen molar-refractivity contribution in [3.8, 4) is 22.6 Å². The molecule has 2 aliphatic rings. The second-order valence-corrected chi connectivity index (χ2v) is 7.75. The van der Waals surface area contributed by atoms with Gasteiger partial charge in [-0.3, -0.25) is 4.98 Å². The molecule has 1 aromatic heterocycles. The highest BCUT2D eigenvalue weighted by molar-refractivity contribution is 5.76. The number of amides is 1. The number of benzene rings is 1. The van der Waals surface area contributed by atoms with Crippen molar-refractivity contribution in [1.82, 2.24) is 10.3 Å². The van der Waals surface area contributed by atoms with E-state index in [2.05, 4.69) is 10.3 Å². The van der Waals surface area contributed by atoms with Crippen LogP contribution in [0.4, 0.5) is 4.79 Å². The van der Waals surface area contributed by atoms with Gasteiger partial charge in [0.25, 0.3) is 0 Å². The van der Waals surface area contributed by atoms with Crippen molar-refractivity contribution >= 4 is 6.09 Å². The van der Waals surface area contributed by atoms with Gasteiger partial charge >= 0.3 is 6.09 Å². The molecule has 1 saturated carbocycles. The number of carbonyl (C=O) groups is 1. The Morgan fingerprint density at radius 1 is 1.29 bits per heavy atom. The van der Waals surface area contributed by atoms with Crippen molar-refractivity contribution in [3.05, 3.63) is 42.2 Å². The largest absolute Gasteiger partial charge is 0.488 e. The normalized spacial score (nSPS) is 20.4. The molecular formula is C22H26N2O4.